The normalized spacial score (nSPS) is 13.0. The van der Waals surface area contributed by atoms with Gasteiger partial charge in [-0.2, -0.15) is 0 Å². The third-order valence-corrected chi connectivity index (χ3v) is 3.29. The molecule has 92 valence electrons. The van der Waals surface area contributed by atoms with E-state index in [1.54, 1.807) is 0 Å². The number of aryl methyl sites for hydroxylation is 2. The van der Waals surface area contributed by atoms with Gasteiger partial charge in [-0.25, -0.2) is 4.98 Å². The number of aromatic nitrogens is 2. The van der Waals surface area contributed by atoms with Crippen LogP contribution in [0.25, 0.3) is 0 Å². The van der Waals surface area contributed by atoms with Gasteiger partial charge in [0.2, 0.25) is 0 Å². The van der Waals surface area contributed by atoms with Gasteiger partial charge in [0.25, 0.3) is 0 Å². The fourth-order valence-electron chi connectivity index (χ4n) is 2.23. The van der Waals surface area contributed by atoms with Crippen molar-refractivity contribution in [3.8, 4) is 0 Å². The van der Waals surface area contributed by atoms with Gasteiger partial charge in [-0.3, -0.25) is 0 Å². The smallest absolute Gasteiger partial charge is 0.108 e. The molecule has 1 unspecified atom stereocenters. The highest BCUT2D eigenvalue weighted by Gasteiger charge is 2.10. The van der Waals surface area contributed by atoms with Gasteiger partial charge in [0.1, 0.15) is 5.82 Å². The molecule has 1 aromatic heterocycles. The second-order valence-electron chi connectivity index (χ2n) is 4.72. The SMILES string of the molecule is CCCCC(CC)Cn1cc(C)nc1CC. The Bertz CT molecular complexity index is 302. The summed E-state index contributed by atoms with van der Waals surface area (Å²) < 4.78 is 2.36. The van der Waals surface area contributed by atoms with Crippen molar-refractivity contribution in [1.82, 2.24) is 9.55 Å². The van der Waals surface area contributed by atoms with Gasteiger partial charge < -0.3 is 4.57 Å². The molecule has 1 atom stereocenters. The third-order valence-electron chi connectivity index (χ3n) is 3.29. The van der Waals surface area contributed by atoms with Crippen molar-refractivity contribution >= 4 is 0 Å². The standard InChI is InChI=1S/C14H26N2/c1-5-8-9-13(6-2)11-16-10-12(4)15-14(16)7-3/h10,13H,5-9,11H2,1-4H3. The number of rotatable bonds is 7. The molecule has 0 amide bonds. The second-order valence-corrected chi connectivity index (χ2v) is 4.72. The fourth-order valence-corrected chi connectivity index (χ4v) is 2.23. The van der Waals surface area contributed by atoms with E-state index in [9.17, 15) is 0 Å². The van der Waals surface area contributed by atoms with Gasteiger partial charge in [-0.15, -0.1) is 0 Å². The van der Waals surface area contributed by atoms with Crippen molar-refractivity contribution in [2.24, 2.45) is 5.92 Å². The highest BCUT2D eigenvalue weighted by molar-refractivity contribution is 5.02. The van der Waals surface area contributed by atoms with E-state index in [1.807, 2.05) is 0 Å². The van der Waals surface area contributed by atoms with Crippen molar-refractivity contribution in [3.05, 3.63) is 17.7 Å². The quantitative estimate of drug-likeness (QED) is 0.682. The lowest BCUT2D eigenvalue weighted by Gasteiger charge is -2.16. The Hall–Kier alpha value is -0.790. The van der Waals surface area contributed by atoms with E-state index in [0.29, 0.717) is 0 Å². The molecular formula is C14H26N2. The van der Waals surface area contributed by atoms with Crippen LogP contribution in [0.3, 0.4) is 0 Å². The summed E-state index contributed by atoms with van der Waals surface area (Å²) in [4.78, 5) is 4.56. The molecular weight excluding hydrogens is 196 g/mol. The highest BCUT2D eigenvalue weighted by Crippen LogP contribution is 2.16. The molecule has 0 saturated carbocycles. The van der Waals surface area contributed by atoms with Gasteiger partial charge in [0.15, 0.2) is 0 Å². The molecule has 0 radical (unpaired) electrons. The lowest BCUT2D eigenvalue weighted by atomic mass is 9.99. The lowest BCUT2D eigenvalue weighted by molar-refractivity contribution is 0.385. The number of imidazole rings is 1. The summed E-state index contributed by atoms with van der Waals surface area (Å²) in [6, 6.07) is 0. The second kappa shape index (κ2) is 6.72. The van der Waals surface area contributed by atoms with Gasteiger partial charge in [0.05, 0.1) is 5.69 Å². The fraction of sp³-hybridized carbons (Fsp3) is 0.786. The summed E-state index contributed by atoms with van der Waals surface area (Å²) in [7, 11) is 0. The van der Waals surface area contributed by atoms with E-state index in [2.05, 4.69) is 43.4 Å². The molecule has 0 saturated heterocycles. The first-order chi connectivity index (χ1) is 7.71. The minimum Gasteiger partial charge on any atom is -0.334 e. The first-order valence-corrected chi connectivity index (χ1v) is 6.73. The maximum atomic E-state index is 4.56. The monoisotopic (exact) mass is 222 g/mol. The van der Waals surface area contributed by atoms with Crippen LogP contribution in [0.2, 0.25) is 0 Å². The van der Waals surface area contributed by atoms with Crippen molar-refractivity contribution in [2.75, 3.05) is 0 Å². The molecule has 1 aromatic rings. The summed E-state index contributed by atoms with van der Waals surface area (Å²) in [6.45, 7) is 10.00. The average molecular weight is 222 g/mol. The molecule has 0 aliphatic rings. The van der Waals surface area contributed by atoms with E-state index >= 15 is 0 Å². The molecule has 0 N–H and O–H groups in total. The van der Waals surface area contributed by atoms with Crippen LogP contribution in [-0.4, -0.2) is 9.55 Å². The molecule has 0 bridgehead atoms. The van der Waals surface area contributed by atoms with E-state index in [4.69, 9.17) is 0 Å². The zero-order valence-electron chi connectivity index (χ0n) is 11.3. The number of unbranched alkanes of at least 4 members (excludes halogenated alkanes) is 1. The Kier molecular flexibility index (Phi) is 5.58. The third kappa shape index (κ3) is 3.66. The Morgan fingerprint density at radius 2 is 2.06 bits per heavy atom. The topological polar surface area (TPSA) is 17.8 Å². The average Bonchev–Trinajstić information content (AvgIpc) is 2.64. The van der Waals surface area contributed by atoms with Gasteiger partial charge in [-0.05, 0) is 19.3 Å². The van der Waals surface area contributed by atoms with Crippen molar-refractivity contribution < 1.29 is 0 Å². The lowest BCUT2D eigenvalue weighted by Crippen LogP contribution is -2.11. The minimum atomic E-state index is 0.818. The summed E-state index contributed by atoms with van der Waals surface area (Å²) in [5, 5.41) is 0. The number of hydrogen-bond acceptors (Lipinski definition) is 1. The van der Waals surface area contributed by atoms with Crippen LogP contribution in [-0.2, 0) is 13.0 Å². The maximum absolute atomic E-state index is 4.56. The molecule has 0 aliphatic carbocycles. The van der Waals surface area contributed by atoms with Gasteiger partial charge in [-0.1, -0.05) is 40.0 Å². The maximum Gasteiger partial charge on any atom is 0.108 e. The molecule has 2 heteroatoms. The van der Waals surface area contributed by atoms with Crippen LogP contribution in [0.5, 0.6) is 0 Å². The van der Waals surface area contributed by atoms with Crippen molar-refractivity contribution in [2.45, 2.75) is 66.3 Å². The predicted octanol–water partition coefficient (Wildman–Crippen LogP) is 3.97. The van der Waals surface area contributed by atoms with Crippen LogP contribution in [0.1, 0.15) is 58.0 Å². The number of hydrogen-bond donors (Lipinski definition) is 0. The first-order valence-electron chi connectivity index (χ1n) is 6.73. The largest absolute Gasteiger partial charge is 0.334 e. The zero-order valence-corrected chi connectivity index (χ0v) is 11.3. The van der Waals surface area contributed by atoms with Crippen LogP contribution in [0.4, 0.5) is 0 Å². The highest BCUT2D eigenvalue weighted by atomic mass is 15.1. The van der Waals surface area contributed by atoms with Gasteiger partial charge >= 0.3 is 0 Å². The van der Waals surface area contributed by atoms with Crippen molar-refractivity contribution in [1.29, 1.82) is 0 Å². The molecule has 0 aromatic carbocycles. The van der Waals surface area contributed by atoms with E-state index in [-0.39, 0.29) is 0 Å². The molecule has 0 aliphatic heterocycles. The molecule has 1 heterocycles. The molecule has 16 heavy (non-hydrogen) atoms. The van der Waals surface area contributed by atoms with Crippen LogP contribution in [0, 0.1) is 12.8 Å². The van der Waals surface area contributed by atoms with E-state index in [1.165, 1.54) is 31.5 Å². The Labute approximate surface area is 100 Å². The Morgan fingerprint density at radius 3 is 2.62 bits per heavy atom. The molecule has 2 nitrogen and oxygen atoms in total. The predicted molar refractivity (Wildman–Crippen MR) is 69.6 cm³/mol. The van der Waals surface area contributed by atoms with Crippen LogP contribution < -0.4 is 0 Å². The summed E-state index contributed by atoms with van der Waals surface area (Å²) in [5.74, 6) is 2.06. The van der Waals surface area contributed by atoms with E-state index < -0.39 is 0 Å². The first kappa shape index (κ1) is 13.3. The van der Waals surface area contributed by atoms with E-state index in [0.717, 1.165) is 24.6 Å². The Balaban J connectivity index is 2.61. The summed E-state index contributed by atoms with van der Waals surface area (Å²) >= 11 is 0. The van der Waals surface area contributed by atoms with Gasteiger partial charge in [0, 0.05) is 19.2 Å². The molecule has 0 fully saturated rings. The summed E-state index contributed by atoms with van der Waals surface area (Å²) in [6.07, 6.45) is 8.53. The van der Waals surface area contributed by atoms with Crippen molar-refractivity contribution in [3.63, 3.8) is 0 Å². The molecule has 0 spiro atoms. The summed E-state index contributed by atoms with van der Waals surface area (Å²) in [5.41, 5.74) is 1.15. The van der Waals surface area contributed by atoms with Crippen LogP contribution in [0.15, 0.2) is 6.20 Å². The Morgan fingerprint density at radius 1 is 1.31 bits per heavy atom. The number of nitrogens with zero attached hydrogens (tertiary/aromatic N) is 2. The van der Waals surface area contributed by atoms with Crippen LogP contribution >= 0.6 is 0 Å². The minimum absolute atomic E-state index is 0.818. The zero-order chi connectivity index (χ0) is 12.0. The molecule has 1 rings (SSSR count).